The molecule has 1 amide bonds. The van der Waals surface area contributed by atoms with Crippen LogP contribution in [0.3, 0.4) is 0 Å². The third-order valence-electron chi connectivity index (χ3n) is 4.81. The summed E-state index contributed by atoms with van der Waals surface area (Å²) < 4.78 is 1.87. The number of aromatic nitrogens is 3. The Hall–Kier alpha value is -2.69. The summed E-state index contributed by atoms with van der Waals surface area (Å²) in [6, 6.07) is 10.6. The van der Waals surface area contributed by atoms with Crippen molar-refractivity contribution in [1.82, 2.24) is 20.1 Å². The van der Waals surface area contributed by atoms with E-state index in [4.69, 9.17) is 0 Å². The van der Waals surface area contributed by atoms with Gasteiger partial charge in [0, 0.05) is 17.8 Å². The zero-order chi connectivity index (χ0) is 17.6. The van der Waals surface area contributed by atoms with Gasteiger partial charge >= 0.3 is 0 Å². The summed E-state index contributed by atoms with van der Waals surface area (Å²) >= 11 is 0. The molecule has 0 radical (unpaired) electrons. The first kappa shape index (κ1) is 15.8. The van der Waals surface area contributed by atoms with Crippen LogP contribution in [-0.2, 0) is 12.8 Å². The maximum Gasteiger partial charge on any atom is 0.252 e. The van der Waals surface area contributed by atoms with Crippen molar-refractivity contribution in [1.29, 1.82) is 0 Å². The van der Waals surface area contributed by atoms with Gasteiger partial charge in [0.1, 0.15) is 0 Å². The molecule has 1 aromatic carbocycles. The number of carbonyl (C=O) groups excluding carboxylic acids is 1. The SMILES string of the molecule is Cc1cc(C(=O)NC2Cc3ccccc3C2)c2cnn(C(C)C)c2n1. The van der Waals surface area contributed by atoms with E-state index in [0.717, 1.165) is 29.6 Å². The Labute approximate surface area is 147 Å². The van der Waals surface area contributed by atoms with Gasteiger partial charge in [-0.2, -0.15) is 5.10 Å². The minimum absolute atomic E-state index is 0.0448. The lowest BCUT2D eigenvalue weighted by Crippen LogP contribution is -2.35. The summed E-state index contributed by atoms with van der Waals surface area (Å²) in [6.45, 7) is 6.04. The van der Waals surface area contributed by atoms with Gasteiger partial charge < -0.3 is 5.32 Å². The highest BCUT2D eigenvalue weighted by atomic mass is 16.1. The number of rotatable bonds is 3. The molecule has 4 rings (SSSR count). The molecule has 0 bridgehead atoms. The molecule has 5 heteroatoms. The van der Waals surface area contributed by atoms with Gasteiger partial charge in [-0.25, -0.2) is 9.67 Å². The fourth-order valence-corrected chi connectivity index (χ4v) is 3.63. The number of nitrogens with zero attached hydrogens (tertiary/aromatic N) is 3. The van der Waals surface area contributed by atoms with Crippen molar-refractivity contribution in [2.45, 2.75) is 45.7 Å². The van der Waals surface area contributed by atoms with Crippen LogP contribution in [0.5, 0.6) is 0 Å². The number of fused-ring (bicyclic) bond motifs is 2. The molecular weight excluding hydrogens is 312 g/mol. The van der Waals surface area contributed by atoms with Crippen LogP contribution in [0.4, 0.5) is 0 Å². The summed E-state index contributed by atoms with van der Waals surface area (Å²) in [5.41, 5.74) is 4.92. The maximum absolute atomic E-state index is 12.9. The molecule has 0 saturated carbocycles. The van der Waals surface area contributed by atoms with Crippen LogP contribution >= 0.6 is 0 Å². The van der Waals surface area contributed by atoms with Crippen molar-refractivity contribution in [2.24, 2.45) is 0 Å². The van der Waals surface area contributed by atoms with E-state index in [2.05, 4.69) is 53.5 Å². The molecule has 3 aromatic rings. The lowest BCUT2D eigenvalue weighted by atomic mass is 10.1. The molecule has 0 unspecified atom stereocenters. The molecule has 25 heavy (non-hydrogen) atoms. The molecule has 128 valence electrons. The van der Waals surface area contributed by atoms with Gasteiger partial charge in [-0.05, 0) is 50.8 Å². The minimum atomic E-state index is -0.0448. The number of hydrogen-bond donors (Lipinski definition) is 1. The standard InChI is InChI=1S/C20H22N4O/c1-12(2)24-19-18(11-21-24)17(8-13(3)22-19)20(25)23-16-9-14-6-4-5-7-15(14)10-16/h4-8,11-12,16H,9-10H2,1-3H3,(H,23,25). The normalized spacial score (nSPS) is 14.2. The Morgan fingerprint density at radius 2 is 1.92 bits per heavy atom. The van der Waals surface area contributed by atoms with E-state index in [9.17, 15) is 4.79 Å². The summed E-state index contributed by atoms with van der Waals surface area (Å²) in [7, 11) is 0. The predicted octanol–water partition coefficient (Wildman–Crippen LogP) is 3.22. The van der Waals surface area contributed by atoms with Gasteiger partial charge in [0.05, 0.1) is 17.1 Å². The van der Waals surface area contributed by atoms with E-state index < -0.39 is 0 Å². The second-order valence-corrected chi connectivity index (χ2v) is 7.08. The number of benzene rings is 1. The highest BCUT2D eigenvalue weighted by molar-refractivity contribution is 6.05. The van der Waals surface area contributed by atoms with Crippen LogP contribution in [0, 0.1) is 6.92 Å². The van der Waals surface area contributed by atoms with E-state index in [1.807, 2.05) is 17.7 Å². The van der Waals surface area contributed by atoms with Gasteiger partial charge in [0.25, 0.3) is 5.91 Å². The number of amides is 1. The molecule has 0 fully saturated rings. The summed E-state index contributed by atoms with van der Waals surface area (Å²) in [4.78, 5) is 17.5. The Morgan fingerprint density at radius 1 is 1.24 bits per heavy atom. The lowest BCUT2D eigenvalue weighted by molar-refractivity contribution is 0.0940. The van der Waals surface area contributed by atoms with Crippen molar-refractivity contribution in [3.63, 3.8) is 0 Å². The largest absolute Gasteiger partial charge is 0.349 e. The maximum atomic E-state index is 12.9. The smallest absolute Gasteiger partial charge is 0.252 e. The van der Waals surface area contributed by atoms with Gasteiger partial charge in [-0.3, -0.25) is 4.79 Å². The monoisotopic (exact) mass is 334 g/mol. The number of nitrogens with one attached hydrogen (secondary N) is 1. The molecular formula is C20H22N4O. The van der Waals surface area contributed by atoms with Crippen LogP contribution in [0.25, 0.3) is 11.0 Å². The van der Waals surface area contributed by atoms with Crippen molar-refractivity contribution < 1.29 is 4.79 Å². The van der Waals surface area contributed by atoms with Crippen molar-refractivity contribution >= 4 is 16.9 Å². The zero-order valence-corrected chi connectivity index (χ0v) is 14.8. The highest BCUT2D eigenvalue weighted by Crippen LogP contribution is 2.24. The van der Waals surface area contributed by atoms with Crippen LogP contribution in [0.2, 0.25) is 0 Å². The minimum Gasteiger partial charge on any atom is -0.349 e. The van der Waals surface area contributed by atoms with E-state index >= 15 is 0 Å². The number of aryl methyl sites for hydroxylation is 1. The average Bonchev–Trinajstić information content (AvgIpc) is 3.16. The van der Waals surface area contributed by atoms with Crippen molar-refractivity contribution in [3.05, 3.63) is 58.9 Å². The second kappa shape index (κ2) is 5.99. The lowest BCUT2D eigenvalue weighted by Gasteiger charge is -2.13. The Kier molecular flexibility index (Phi) is 3.79. The van der Waals surface area contributed by atoms with Gasteiger partial charge in [-0.15, -0.1) is 0 Å². The number of carbonyl (C=O) groups is 1. The van der Waals surface area contributed by atoms with Crippen LogP contribution < -0.4 is 5.32 Å². The molecule has 0 saturated heterocycles. The van der Waals surface area contributed by atoms with Gasteiger partial charge in [0.15, 0.2) is 5.65 Å². The summed E-state index contributed by atoms with van der Waals surface area (Å²) in [5.74, 6) is -0.0448. The quantitative estimate of drug-likeness (QED) is 0.800. The fraction of sp³-hybridized carbons (Fsp3) is 0.350. The summed E-state index contributed by atoms with van der Waals surface area (Å²) in [6.07, 6.45) is 3.53. The third kappa shape index (κ3) is 2.80. The number of pyridine rings is 1. The van der Waals surface area contributed by atoms with Gasteiger partial charge in [-0.1, -0.05) is 24.3 Å². The van der Waals surface area contributed by atoms with Crippen molar-refractivity contribution in [3.8, 4) is 0 Å². The molecule has 0 atom stereocenters. The third-order valence-corrected chi connectivity index (χ3v) is 4.81. The van der Waals surface area contributed by atoms with E-state index in [1.54, 1.807) is 6.20 Å². The van der Waals surface area contributed by atoms with Crippen LogP contribution in [0.15, 0.2) is 36.5 Å². The first-order chi connectivity index (χ1) is 12.0. The molecule has 5 nitrogen and oxygen atoms in total. The second-order valence-electron chi connectivity index (χ2n) is 7.08. The zero-order valence-electron chi connectivity index (χ0n) is 14.8. The van der Waals surface area contributed by atoms with Crippen LogP contribution in [-0.4, -0.2) is 26.7 Å². The van der Waals surface area contributed by atoms with Crippen molar-refractivity contribution in [2.75, 3.05) is 0 Å². The topological polar surface area (TPSA) is 59.8 Å². The van der Waals surface area contributed by atoms with Gasteiger partial charge in [0.2, 0.25) is 0 Å². The molecule has 1 N–H and O–H groups in total. The number of hydrogen-bond acceptors (Lipinski definition) is 3. The van der Waals surface area contributed by atoms with Crippen LogP contribution in [0.1, 0.15) is 47.1 Å². The fourth-order valence-electron chi connectivity index (χ4n) is 3.63. The Morgan fingerprint density at radius 3 is 2.56 bits per heavy atom. The van der Waals surface area contributed by atoms with E-state index in [0.29, 0.717) is 5.56 Å². The molecule has 0 aliphatic heterocycles. The Bertz CT molecular complexity index is 932. The molecule has 0 spiro atoms. The molecule has 1 aliphatic rings. The predicted molar refractivity (Wildman–Crippen MR) is 97.8 cm³/mol. The molecule has 2 aromatic heterocycles. The Balaban J connectivity index is 1.63. The van der Waals surface area contributed by atoms with E-state index in [-0.39, 0.29) is 18.0 Å². The summed E-state index contributed by atoms with van der Waals surface area (Å²) in [5, 5.41) is 8.43. The van der Waals surface area contributed by atoms with E-state index in [1.165, 1.54) is 11.1 Å². The first-order valence-corrected chi connectivity index (χ1v) is 8.75. The highest BCUT2D eigenvalue weighted by Gasteiger charge is 2.24. The molecule has 2 heterocycles. The first-order valence-electron chi connectivity index (χ1n) is 8.75. The average molecular weight is 334 g/mol. The molecule has 1 aliphatic carbocycles.